The first-order valence-electron chi connectivity index (χ1n) is 5.57. The van der Waals surface area contributed by atoms with E-state index in [2.05, 4.69) is 0 Å². The summed E-state index contributed by atoms with van der Waals surface area (Å²) in [5.74, 6) is -0.363. The number of benzene rings is 1. The fourth-order valence-corrected chi connectivity index (χ4v) is 1.97. The highest BCUT2D eigenvalue weighted by Crippen LogP contribution is 2.47. The third-order valence-electron chi connectivity index (χ3n) is 2.00. The molecule has 0 spiro atoms. The Kier molecular flexibility index (Phi) is 15.4. The summed E-state index contributed by atoms with van der Waals surface area (Å²) in [6.45, 7) is -1.05. The maximum Gasteiger partial charge on any atom is 0.324 e. The highest BCUT2D eigenvalue weighted by Gasteiger charge is 2.18. The summed E-state index contributed by atoms with van der Waals surface area (Å²) in [6.07, 6.45) is -2.44. The van der Waals surface area contributed by atoms with Crippen LogP contribution >= 0.6 is 66.6 Å². The Morgan fingerprint density at radius 2 is 0.875 bits per heavy atom. The van der Waals surface area contributed by atoms with Crippen molar-refractivity contribution in [3.05, 3.63) is 25.1 Å². The summed E-state index contributed by atoms with van der Waals surface area (Å²) in [5, 5.41) is 42.2. The Morgan fingerprint density at radius 3 is 1.08 bits per heavy atom. The van der Waals surface area contributed by atoms with Gasteiger partial charge in [0, 0.05) is 0 Å². The van der Waals surface area contributed by atoms with Crippen LogP contribution in [0.2, 0.25) is 25.1 Å². The van der Waals surface area contributed by atoms with Crippen LogP contribution in [0.4, 0.5) is 0 Å². The zero-order valence-corrected chi connectivity index (χ0v) is 16.2. The Balaban J connectivity index is 0. The van der Waals surface area contributed by atoms with E-state index in [4.69, 9.17) is 93.1 Å². The molecule has 8 N–H and O–H groups in total. The monoisotopic (exact) mass is 468 g/mol. The molecule has 0 aliphatic rings. The van der Waals surface area contributed by atoms with Gasteiger partial charge in [-0.05, 0) is 0 Å². The molecule has 1 aromatic carbocycles. The van der Waals surface area contributed by atoms with Crippen molar-refractivity contribution >= 4 is 66.6 Å². The summed E-state index contributed by atoms with van der Waals surface area (Å²) >= 11 is 27.9. The van der Waals surface area contributed by atoms with Gasteiger partial charge in [-0.1, -0.05) is 58.0 Å². The number of phenolic OH excluding ortho intramolecular Hbond substituents is 1. The fourth-order valence-electron chi connectivity index (χ4n) is 0.837. The molecule has 0 aromatic heterocycles. The molecular formula is C10H14Cl5O8P. The first-order chi connectivity index (χ1) is 10.9. The van der Waals surface area contributed by atoms with Crippen molar-refractivity contribution in [2.45, 2.75) is 12.2 Å². The molecular weight excluding hydrogens is 456 g/mol. The molecule has 0 radical (unpaired) electrons. The second kappa shape index (κ2) is 13.8. The van der Waals surface area contributed by atoms with Gasteiger partial charge < -0.3 is 40.2 Å². The molecule has 1 aromatic rings. The molecule has 0 bridgehead atoms. The van der Waals surface area contributed by atoms with Crippen LogP contribution < -0.4 is 0 Å². The van der Waals surface area contributed by atoms with Crippen molar-refractivity contribution in [2.24, 2.45) is 0 Å². The fraction of sp³-hybridized carbons (Fsp3) is 0.400. The van der Waals surface area contributed by atoms with Crippen molar-refractivity contribution in [1.29, 1.82) is 0 Å². The number of hydrogen-bond acceptors (Lipinski definition) is 8. The lowest BCUT2D eigenvalue weighted by atomic mass is 10.2. The smallest absolute Gasteiger partial charge is 0.324 e. The van der Waals surface area contributed by atoms with Crippen LogP contribution in [0.1, 0.15) is 0 Å². The second-order valence-corrected chi connectivity index (χ2v) is 6.11. The zero-order valence-electron chi connectivity index (χ0n) is 11.5. The normalized spacial score (nSPS) is 12.7. The van der Waals surface area contributed by atoms with E-state index < -0.39 is 34.0 Å². The van der Waals surface area contributed by atoms with E-state index in [-0.39, 0.29) is 30.9 Å². The van der Waals surface area contributed by atoms with Gasteiger partial charge in [-0.15, -0.1) is 0 Å². The van der Waals surface area contributed by atoms with Gasteiger partial charge >= 0.3 is 8.60 Å². The maximum absolute atomic E-state index is 9.20. The van der Waals surface area contributed by atoms with Crippen molar-refractivity contribution in [1.82, 2.24) is 0 Å². The standard InChI is InChI=1S/C6HCl5O.C4H10O4.H3O3P/c7-1-2(8)4(10)6(12)5(11)3(1)9;5-1-3(7)4(8)2-6;1-4(2)3/h12H;3-8H,1-2H2;1-3H. The number of phenols is 1. The minimum atomic E-state index is -2.62. The Morgan fingerprint density at radius 1 is 0.667 bits per heavy atom. The predicted octanol–water partition coefficient (Wildman–Crippen LogP) is 1.54. The molecule has 8 nitrogen and oxygen atoms in total. The van der Waals surface area contributed by atoms with Gasteiger partial charge in [-0.25, -0.2) is 0 Å². The van der Waals surface area contributed by atoms with Crippen molar-refractivity contribution < 1.29 is 40.2 Å². The summed E-state index contributed by atoms with van der Waals surface area (Å²) in [4.78, 5) is 21.7. The molecule has 0 saturated carbocycles. The average molecular weight is 470 g/mol. The van der Waals surface area contributed by atoms with Gasteiger partial charge in [0.2, 0.25) is 0 Å². The highest BCUT2D eigenvalue weighted by molar-refractivity contribution is 7.38. The Hall–Kier alpha value is 0.620. The maximum atomic E-state index is 9.20. The molecule has 24 heavy (non-hydrogen) atoms. The minimum Gasteiger partial charge on any atom is -0.505 e. The van der Waals surface area contributed by atoms with Crippen LogP contribution in [0.15, 0.2) is 0 Å². The molecule has 142 valence electrons. The highest BCUT2D eigenvalue weighted by atomic mass is 35.5. The zero-order chi connectivity index (χ0) is 19.6. The number of aliphatic hydroxyl groups is 4. The van der Waals surface area contributed by atoms with Crippen molar-refractivity contribution in [3.63, 3.8) is 0 Å². The Bertz CT molecular complexity index is 391. The molecule has 0 amide bonds. The number of halogens is 5. The van der Waals surface area contributed by atoms with Crippen molar-refractivity contribution in [3.8, 4) is 5.75 Å². The quantitative estimate of drug-likeness (QED) is 0.187. The third kappa shape index (κ3) is 9.94. The number of aromatic hydroxyl groups is 1. The van der Waals surface area contributed by atoms with E-state index in [1.165, 1.54) is 0 Å². The molecule has 0 aliphatic carbocycles. The van der Waals surface area contributed by atoms with Crippen LogP contribution in [0.5, 0.6) is 5.75 Å². The largest absolute Gasteiger partial charge is 0.505 e. The van der Waals surface area contributed by atoms with Gasteiger partial charge in [0.15, 0.2) is 5.75 Å². The average Bonchev–Trinajstić information content (AvgIpc) is 2.55. The molecule has 0 heterocycles. The van der Waals surface area contributed by atoms with Gasteiger partial charge in [0.1, 0.15) is 22.3 Å². The van der Waals surface area contributed by atoms with E-state index in [1.807, 2.05) is 0 Å². The number of rotatable bonds is 3. The predicted molar refractivity (Wildman–Crippen MR) is 92.9 cm³/mol. The van der Waals surface area contributed by atoms with Crippen LogP contribution in [0.25, 0.3) is 0 Å². The van der Waals surface area contributed by atoms with E-state index >= 15 is 0 Å². The van der Waals surface area contributed by atoms with E-state index in [1.54, 1.807) is 0 Å². The molecule has 2 unspecified atom stereocenters. The van der Waals surface area contributed by atoms with Gasteiger partial charge in [-0.2, -0.15) is 0 Å². The molecule has 14 heteroatoms. The lowest BCUT2D eigenvalue weighted by molar-refractivity contribution is -0.0388. The first-order valence-corrected chi connectivity index (χ1v) is 8.66. The molecule has 0 fully saturated rings. The van der Waals surface area contributed by atoms with Crippen LogP contribution in [-0.4, -0.2) is 65.6 Å². The molecule has 0 aliphatic heterocycles. The van der Waals surface area contributed by atoms with E-state index in [0.29, 0.717) is 0 Å². The Labute approximate surface area is 163 Å². The van der Waals surface area contributed by atoms with Crippen molar-refractivity contribution in [2.75, 3.05) is 13.2 Å². The SMILES string of the molecule is OCC(O)C(O)CO.OP(O)O.Oc1c(Cl)c(Cl)c(Cl)c(Cl)c1Cl. The first kappa shape index (κ1) is 26.8. The van der Waals surface area contributed by atoms with Gasteiger partial charge in [-0.3, -0.25) is 0 Å². The lowest BCUT2D eigenvalue weighted by Gasteiger charge is -2.10. The summed E-state index contributed by atoms with van der Waals surface area (Å²) in [6, 6.07) is 0. The minimum absolute atomic E-state index is 0.00904. The summed E-state index contributed by atoms with van der Waals surface area (Å²) < 4.78 is 0. The number of aliphatic hydroxyl groups excluding tert-OH is 4. The topological polar surface area (TPSA) is 162 Å². The molecule has 2 atom stereocenters. The number of hydrogen-bond donors (Lipinski definition) is 8. The molecule has 1 rings (SSSR count). The van der Waals surface area contributed by atoms with E-state index in [0.717, 1.165) is 0 Å². The van der Waals surface area contributed by atoms with Gasteiger partial charge in [0.25, 0.3) is 0 Å². The van der Waals surface area contributed by atoms with Crippen LogP contribution in [-0.2, 0) is 0 Å². The summed E-state index contributed by atoms with van der Waals surface area (Å²) in [7, 11) is -2.62. The van der Waals surface area contributed by atoms with Gasteiger partial charge in [0.05, 0.1) is 28.3 Å². The lowest BCUT2D eigenvalue weighted by Crippen LogP contribution is -2.31. The summed E-state index contributed by atoms with van der Waals surface area (Å²) in [5.41, 5.74) is 0. The van der Waals surface area contributed by atoms with E-state index in [9.17, 15) is 5.11 Å². The van der Waals surface area contributed by atoms with Crippen LogP contribution in [0, 0.1) is 0 Å². The second-order valence-electron chi connectivity index (χ2n) is 3.69. The van der Waals surface area contributed by atoms with Crippen LogP contribution in [0.3, 0.4) is 0 Å². The third-order valence-corrected chi connectivity index (χ3v) is 4.26. The molecule has 0 saturated heterocycles.